The second-order valence-electron chi connectivity index (χ2n) is 6.33. The van der Waals surface area contributed by atoms with Gasteiger partial charge in [-0.1, -0.05) is 12.1 Å². The van der Waals surface area contributed by atoms with Gasteiger partial charge in [0.25, 0.3) is 5.91 Å². The average Bonchev–Trinajstić information content (AvgIpc) is 3.07. The molecule has 1 aromatic carbocycles. The van der Waals surface area contributed by atoms with Crippen molar-refractivity contribution in [2.45, 2.75) is 27.7 Å². The lowest BCUT2D eigenvalue weighted by molar-refractivity contribution is 0.0527. The number of amides is 1. The van der Waals surface area contributed by atoms with Crippen molar-refractivity contribution in [3.05, 3.63) is 46.6 Å². The maximum Gasteiger partial charge on any atom is 0.340 e. The highest BCUT2D eigenvalue weighted by molar-refractivity contribution is 7.20. The third-order valence-corrected chi connectivity index (χ3v) is 5.85. The first-order chi connectivity index (χ1) is 14.0. The monoisotopic (exact) mass is 412 g/mol. The van der Waals surface area contributed by atoms with Crippen molar-refractivity contribution in [2.24, 2.45) is 0 Å². The van der Waals surface area contributed by atoms with Crippen molar-refractivity contribution < 1.29 is 14.3 Å². The molecule has 152 valence electrons. The maximum atomic E-state index is 13.0. The van der Waals surface area contributed by atoms with Gasteiger partial charge >= 0.3 is 5.97 Å². The number of esters is 1. The van der Waals surface area contributed by atoms with E-state index in [0.717, 1.165) is 34.7 Å². The topological polar surface area (TPSA) is 84.4 Å². The highest BCUT2D eigenvalue weighted by Gasteiger charge is 2.22. The molecule has 0 spiro atoms. The zero-order valence-electron chi connectivity index (χ0n) is 17.0. The number of nitrogens with one attached hydrogen (secondary N) is 1. The molecular weight excluding hydrogens is 388 g/mol. The number of hydrogen-bond acceptors (Lipinski definition) is 7. The molecule has 2 heterocycles. The molecule has 0 aliphatic heterocycles. The fourth-order valence-electron chi connectivity index (χ4n) is 3.19. The van der Waals surface area contributed by atoms with Crippen LogP contribution >= 0.6 is 11.3 Å². The van der Waals surface area contributed by atoms with Gasteiger partial charge in [0.05, 0.1) is 28.1 Å². The number of rotatable bonds is 7. The number of anilines is 2. The molecule has 0 bridgehead atoms. The first kappa shape index (κ1) is 20.7. The van der Waals surface area contributed by atoms with Gasteiger partial charge in [-0.15, -0.1) is 11.3 Å². The summed E-state index contributed by atoms with van der Waals surface area (Å²) in [7, 11) is 0. The normalized spacial score (nSPS) is 10.8. The highest BCUT2D eigenvalue weighted by Crippen LogP contribution is 2.35. The third kappa shape index (κ3) is 4.07. The van der Waals surface area contributed by atoms with Crippen molar-refractivity contribution in [2.75, 3.05) is 29.9 Å². The van der Waals surface area contributed by atoms with E-state index < -0.39 is 5.97 Å². The predicted octanol–water partition coefficient (Wildman–Crippen LogP) is 4.27. The second kappa shape index (κ2) is 9.00. The number of hydrogen-bond donors (Lipinski definition) is 1. The molecule has 0 radical (unpaired) electrons. The summed E-state index contributed by atoms with van der Waals surface area (Å²) in [5.41, 5.74) is 1.58. The van der Waals surface area contributed by atoms with Crippen LogP contribution in [0.1, 0.15) is 46.4 Å². The summed E-state index contributed by atoms with van der Waals surface area (Å²) in [5.74, 6) is 0.0821. The van der Waals surface area contributed by atoms with E-state index in [1.165, 1.54) is 17.7 Å². The Kier molecular flexibility index (Phi) is 6.43. The fourth-order valence-corrected chi connectivity index (χ4v) is 4.23. The highest BCUT2D eigenvalue weighted by atomic mass is 32.1. The molecule has 2 aromatic heterocycles. The second-order valence-corrected chi connectivity index (χ2v) is 7.33. The summed E-state index contributed by atoms with van der Waals surface area (Å²) in [4.78, 5) is 37.5. The fraction of sp³-hybridized carbons (Fsp3) is 0.333. The lowest BCUT2D eigenvalue weighted by atomic mass is 10.1. The summed E-state index contributed by atoms with van der Waals surface area (Å²) in [6.07, 6.45) is 1.53. The van der Waals surface area contributed by atoms with Gasteiger partial charge < -0.3 is 15.0 Å². The minimum atomic E-state index is -0.467. The number of fused-ring (bicyclic) bond motifs is 1. The van der Waals surface area contributed by atoms with Gasteiger partial charge in [0, 0.05) is 13.1 Å². The predicted molar refractivity (Wildman–Crippen MR) is 116 cm³/mol. The van der Waals surface area contributed by atoms with Gasteiger partial charge in [-0.05, 0) is 45.4 Å². The minimum Gasteiger partial charge on any atom is -0.462 e. The molecule has 0 aliphatic rings. The van der Waals surface area contributed by atoms with Crippen LogP contribution in [0.2, 0.25) is 0 Å². The average molecular weight is 413 g/mol. The van der Waals surface area contributed by atoms with Crippen molar-refractivity contribution in [3.63, 3.8) is 0 Å². The van der Waals surface area contributed by atoms with Crippen molar-refractivity contribution in [3.8, 4) is 0 Å². The number of carbonyl (C=O) groups is 2. The van der Waals surface area contributed by atoms with Crippen LogP contribution in [-0.4, -0.2) is 41.5 Å². The molecule has 8 heteroatoms. The van der Waals surface area contributed by atoms with E-state index >= 15 is 0 Å². The van der Waals surface area contributed by atoms with Crippen LogP contribution in [0.25, 0.3) is 10.2 Å². The molecule has 0 saturated carbocycles. The van der Waals surface area contributed by atoms with E-state index in [1.807, 2.05) is 6.92 Å². The van der Waals surface area contributed by atoms with E-state index in [9.17, 15) is 9.59 Å². The first-order valence-corrected chi connectivity index (χ1v) is 10.4. The van der Waals surface area contributed by atoms with Gasteiger partial charge in [0.1, 0.15) is 17.0 Å². The molecule has 0 fully saturated rings. The number of thiophene rings is 1. The van der Waals surface area contributed by atoms with Crippen LogP contribution in [0.4, 0.5) is 11.5 Å². The van der Waals surface area contributed by atoms with Crippen LogP contribution in [0.5, 0.6) is 0 Å². The van der Waals surface area contributed by atoms with Crippen molar-refractivity contribution in [1.82, 2.24) is 9.97 Å². The zero-order chi connectivity index (χ0) is 21.0. The lowest BCUT2D eigenvalue weighted by Crippen LogP contribution is -2.23. The molecule has 0 saturated heterocycles. The Morgan fingerprint density at radius 1 is 1.14 bits per heavy atom. The zero-order valence-corrected chi connectivity index (χ0v) is 17.8. The standard InChI is InChI=1S/C21H24N4O3S/c1-5-25(6-2)18-16-13(4)17(29-20(16)23-12-22-18)19(26)24-15-11-9-8-10-14(15)21(27)28-7-3/h8-12H,5-7H2,1-4H3,(H,24,26). The SMILES string of the molecule is CCOC(=O)c1ccccc1NC(=O)c1sc2ncnc(N(CC)CC)c2c1C. The number of aromatic nitrogens is 2. The number of carbonyl (C=O) groups excluding carboxylic acids is 2. The van der Waals surface area contributed by atoms with Crippen molar-refractivity contribution in [1.29, 1.82) is 0 Å². The molecule has 0 aliphatic carbocycles. The van der Waals surface area contributed by atoms with Gasteiger partial charge in [0.2, 0.25) is 0 Å². The van der Waals surface area contributed by atoms with Gasteiger partial charge in [-0.2, -0.15) is 0 Å². The number of nitrogens with zero attached hydrogens (tertiary/aromatic N) is 3. The first-order valence-electron chi connectivity index (χ1n) is 9.58. The molecule has 1 N–H and O–H groups in total. The summed E-state index contributed by atoms with van der Waals surface area (Å²) in [5, 5.41) is 3.75. The Balaban J connectivity index is 1.98. The number of aryl methyl sites for hydroxylation is 1. The van der Waals surface area contributed by atoms with Gasteiger partial charge in [-0.25, -0.2) is 14.8 Å². The maximum absolute atomic E-state index is 13.0. The van der Waals surface area contributed by atoms with Gasteiger partial charge in [0.15, 0.2) is 0 Å². The third-order valence-electron chi connectivity index (χ3n) is 4.65. The molecular formula is C21H24N4O3S. The van der Waals surface area contributed by atoms with Crippen molar-refractivity contribution >= 4 is 44.9 Å². The summed E-state index contributed by atoms with van der Waals surface area (Å²) < 4.78 is 5.08. The number of ether oxygens (including phenoxy) is 1. The Morgan fingerprint density at radius 3 is 2.55 bits per heavy atom. The Labute approximate surface area is 173 Å². The number of para-hydroxylation sites is 1. The molecule has 0 atom stereocenters. The van der Waals surface area contributed by atoms with E-state index in [-0.39, 0.29) is 12.5 Å². The molecule has 3 rings (SSSR count). The van der Waals surface area contributed by atoms with E-state index in [0.29, 0.717) is 16.1 Å². The van der Waals surface area contributed by atoms with Crippen LogP contribution in [0.15, 0.2) is 30.6 Å². The van der Waals surface area contributed by atoms with Crippen LogP contribution in [-0.2, 0) is 4.74 Å². The van der Waals surface area contributed by atoms with Crippen LogP contribution in [0.3, 0.4) is 0 Å². The van der Waals surface area contributed by atoms with Crippen LogP contribution in [0, 0.1) is 6.92 Å². The Hall–Kier alpha value is -3.00. The minimum absolute atomic E-state index is 0.267. The van der Waals surface area contributed by atoms with E-state index in [4.69, 9.17) is 4.74 Å². The largest absolute Gasteiger partial charge is 0.462 e. The summed E-state index contributed by atoms with van der Waals surface area (Å²) >= 11 is 1.32. The summed E-state index contributed by atoms with van der Waals surface area (Å²) in [6.45, 7) is 9.68. The Bertz CT molecular complexity index is 1040. The van der Waals surface area contributed by atoms with E-state index in [2.05, 4.69) is 34.0 Å². The lowest BCUT2D eigenvalue weighted by Gasteiger charge is -2.20. The molecule has 1 amide bonds. The molecule has 29 heavy (non-hydrogen) atoms. The van der Waals surface area contributed by atoms with Crippen LogP contribution < -0.4 is 10.2 Å². The quantitative estimate of drug-likeness (QED) is 0.583. The van der Waals surface area contributed by atoms with E-state index in [1.54, 1.807) is 31.2 Å². The molecule has 7 nitrogen and oxygen atoms in total. The number of benzene rings is 1. The molecule has 3 aromatic rings. The Morgan fingerprint density at radius 2 is 1.86 bits per heavy atom. The molecule has 0 unspecified atom stereocenters. The van der Waals surface area contributed by atoms with Gasteiger partial charge in [-0.3, -0.25) is 4.79 Å². The summed E-state index contributed by atoms with van der Waals surface area (Å²) in [6, 6.07) is 6.82. The smallest absolute Gasteiger partial charge is 0.340 e.